The molecule has 2 aromatic carbocycles. The maximum Gasteiger partial charge on any atom is 0.231 e. The summed E-state index contributed by atoms with van der Waals surface area (Å²) in [6, 6.07) is 13.9. The first-order chi connectivity index (χ1) is 14.7. The lowest BCUT2D eigenvalue weighted by molar-refractivity contribution is 0.0903. The minimum absolute atomic E-state index is 0. The van der Waals surface area contributed by atoms with Crippen molar-refractivity contribution in [3.8, 4) is 5.75 Å². The summed E-state index contributed by atoms with van der Waals surface area (Å²) in [5, 5.41) is 4.44. The molecule has 0 unspecified atom stereocenters. The fraction of sp³-hybridized carbons (Fsp3) is 0.360. The number of ketones is 1. The van der Waals surface area contributed by atoms with Crippen LogP contribution in [0.3, 0.4) is 0 Å². The molecule has 0 fully saturated rings. The van der Waals surface area contributed by atoms with Crippen LogP contribution in [0.1, 0.15) is 52.0 Å². The number of aryl methyl sites for hydroxylation is 1. The van der Waals surface area contributed by atoms with Crippen molar-refractivity contribution in [1.29, 1.82) is 0 Å². The third-order valence-electron chi connectivity index (χ3n) is 5.83. The van der Waals surface area contributed by atoms with Gasteiger partial charge >= 0.3 is 0 Å². The molecular weight excluding hydrogens is 412 g/mol. The van der Waals surface area contributed by atoms with Crippen LogP contribution in [0.2, 0.25) is 0 Å². The molecule has 1 aromatic heterocycles. The Labute approximate surface area is 189 Å². The van der Waals surface area contributed by atoms with E-state index in [1.54, 1.807) is 11.7 Å². The van der Waals surface area contributed by atoms with Gasteiger partial charge in [0.25, 0.3) is 0 Å². The zero-order valence-corrected chi connectivity index (χ0v) is 18.7. The molecule has 6 heteroatoms. The Morgan fingerprint density at radius 3 is 2.77 bits per heavy atom. The number of rotatable bonds is 10. The molecule has 1 aliphatic heterocycles. The van der Waals surface area contributed by atoms with Gasteiger partial charge in [-0.3, -0.25) is 14.2 Å². The summed E-state index contributed by atoms with van der Waals surface area (Å²) >= 11 is 0. The van der Waals surface area contributed by atoms with E-state index in [1.165, 1.54) is 5.56 Å². The Morgan fingerprint density at radius 2 is 1.94 bits per heavy atom. The number of nitrogens with one attached hydrogen (secondary N) is 1. The Morgan fingerprint density at radius 1 is 1.10 bits per heavy atom. The molecule has 0 bridgehead atoms. The first-order valence-corrected chi connectivity index (χ1v) is 10.7. The van der Waals surface area contributed by atoms with Crippen molar-refractivity contribution < 1.29 is 14.3 Å². The molecule has 0 amide bonds. The lowest BCUT2D eigenvalue weighted by Crippen LogP contribution is -2.19. The quantitative estimate of drug-likeness (QED) is 0.362. The van der Waals surface area contributed by atoms with Gasteiger partial charge in [-0.05, 0) is 74.2 Å². The van der Waals surface area contributed by atoms with Gasteiger partial charge in [0.15, 0.2) is 5.78 Å². The average Bonchev–Trinajstić information content (AvgIpc) is 3.21. The third kappa shape index (κ3) is 5.17. The van der Waals surface area contributed by atoms with Gasteiger partial charge in [-0.15, -0.1) is 12.4 Å². The molecule has 0 saturated heterocycles. The molecule has 0 atom stereocenters. The summed E-state index contributed by atoms with van der Waals surface area (Å²) in [4.78, 5) is 24.7. The molecule has 5 nitrogen and oxygen atoms in total. The number of hydrogen-bond acceptors (Lipinski definition) is 4. The number of ether oxygens (including phenoxy) is 1. The number of carbonyl (C=O) groups is 2. The van der Waals surface area contributed by atoms with Gasteiger partial charge in [0, 0.05) is 30.0 Å². The predicted octanol–water partition coefficient (Wildman–Crippen LogP) is 4.84. The van der Waals surface area contributed by atoms with E-state index in [0.29, 0.717) is 12.8 Å². The molecule has 0 saturated carbocycles. The molecular formula is C25H29ClN2O3. The minimum Gasteiger partial charge on any atom is -0.496 e. The van der Waals surface area contributed by atoms with E-state index in [-0.39, 0.29) is 24.1 Å². The van der Waals surface area contributed by atoms with Gasteiger partial charge in [-0.25, -0.2) is 0 Å². The van der Waals surface area contributed by atoms with E-state index in [4.69, 9.17) is 4.74 Å². The number of Topliss-reactive ketones (excluding diaryl/α,β-unsaturated/α-hetero) is 1. The predicted molar refractivity (Wildman–Crippen MR) is 126 cm³/mol. The van der Waals surface area contributed by atoms with E-state index in [1.807, 2.05) is 42.6 Å². The topological polar surface area (TPSA) is 60.3 Å². The molecule has 1 aliphatic rings. The summed E-state index contributed by atoms with van der Waals surface area (Å²) in [6.07, 6.45) is 6.36. The summed E-state index contributed by atoms with van der Waals surface area (Å²) in [5.74, 6) is 1.25. The van der Waals surface area contributed by atoms with Crippen LogP contribution in [0, 0.1) is 0 Å². The van der Waals surface area contributed by atoms with Gasteiger partial charge in [0.05, 0.1) is 12.6 Å². The molecule has 1 N–H and O–H groups in total. The maximum absolute atomic E-state index is 12.7. The van der Waals surface area contributed by atoms with Gasteiger partial charge < -0.3 is 10.1 Å². The van der Waals surface area contributed by atoms with Crippen LogP contribution < -0.4 is 10.1 Å². The third-order valence-corrected chi connectivity index (χ3v) is 5.83. The second-order valence-electron chi connectivity index (χ2n) is 7.84. The first kappa shape index (κ1) is 23.0. The molecule has 2 heterocycles. The second-order valence-corrected chi connectivity index (χ2v) is 7.84. The number of para-hydroxylation sites is 1. The van der Waals surface area contributed by atoms with E-state index in [0.717, 1.165) is 66.6 Å². The highest BCUT2D eigenvalue weighted by Gasteiger charge is 2.20. The molecule has 0 spiro atoms. The number of methoxy groups -OCH3 is 1. The number of nitrogens with zero attached hydrogens (tertiary/aromatic N) is 1. The van der Waals surface area contributed by atoms with Crippen LogP contribution >= 0.6 is 12.4 Å². The fourth-order valence-corrected chi connectivity index (χ4v) is 4.23. The van der Waals surface area contributed by atoms with Crippen LogP contribution in [0.5, 0.6) is 5.75 Å². The van der Waals surface area contributed by atoms with Crippen LogP contribution in [0.4, 0.5) is 0 Å². The number of benzene rings is 2. The van der Waals surface area contributed by atoms with E-state index in [2.05, 4.69) is 11.4 Å². The highest BCUT2D eigenvalue weighted by molar-refractivity contribution is 6.03. The molecule has 0 aliphatic carbocycles. The van der Waals surface area contributed by atoms with Crippen molar-refractivity contribution in [2.24, 2.45) is 0 Å². The van der Waals surface area contributed by atoms with Crippen LogP contribution in [0.25, 0.3) is 10.9 Å². The zero-order valence-electron chi connectivity index (χ0n) is 17.9. The SMILES string of the molecule is COc1ccccc1CCNCCCCC(=O)c1cc2c3c(ccn3C(=O)CC2)c1.Cl. The Kier molecular flexibility index (Phi) is 7.88. The van der Waals surface area contributed by atoms with Crippen molar-refractivity contribution in [3.05, 3.63) is 65.4 Å². The Hall–Kier alpha value is -2.63. The standard InChI is InChI=1S/C25H28N2O3.ClH/c1-30-23-8-3-2-6-18(23)11-14-26-13-5-4-7-22(28)21-16-19-9-10-24(29)27-15-12-20(17-21)25(19)27;/h2-3,6,8,12,15-17,26H,4-5,7,9-11,13-14H2,1H3;1H. The van der Waals surface area contributed by atoms with Crippen molar-refractivity contribution >= 4 is 35.0 Å². The lowest BCUT2D eigenvalue weighted by Gasteiger charge is -2.15. The van der Waals surface area contributed by atoms with E-state index >= 15 is 0 Å². The molecule has 31 heavy (non-hydrogen) atoms. The zero-order chi connectivity index (χ0) is 20.9. The van der Waals surface area contributed by atoms with Crippen molar-refractivity contribution in [2.45, 2.75) is 38.5 Å². The van der Waals surface area contributed by atoms with Crippen LogP contribution in [-0.2, 0) is 12.8 Å². The summed E-state index contributed by atoms with van der Waals surface area (Å²) in [6.45, 7) is 1.79. The van der Waals surface area contributed by atoms with Crippen LogP contribution in [-0.4, -0.2) is 36.5 Å². The van der Waals surface area contributed by atoms with Gasteiger partial charge in [0.1, 0.15) is 5.75 Å². The van der Waals surface area contributed by atoms with Crippen LogP contribution in [0.15, 0.2) is 48.7 Å². The number of hydrogen-bond donors (Lipinski definition) is 1. The summed E-state index contributed by atoms with van der Waals surface area (Å²) < 4.78 is 7.10. The van der Waals surface area contributed by atoms with Crippen molar-refractivity contribution in [3.63, 3.8) is 0 Å². The molecule has 0 radical (unpaired) electrons. The monoisotopic (exact) mass is 440 g/mol. The number of unbranched alkanes of at least 4 members (excludes halogenated alkanes) is 1. The largest absolute Gasteiger partial charge is 0.496 e. The minimum atomic E-state index is 0. The van der Waals surface area contributed by atoms with Gasteiger partial charge in [-0.2, -0.15) is 0 Å². The summed E-state index contributed by atoms with van der Waals surface area (Å²) in [5.41, 5.74) is 4.06. The Balaban J connectivity index is 0.00000272. The molecule has 4 rings (SSSR count). The number of carbonyl (C=O) groups excluding carboxylic acids is 2. The van der Waals surface area contributed by atoms with E-state index < -0.39 is 0 Å². The average molecular weight is 441 g/mol. The highest BCUT2D eigenvalue weighted by atomic mass is 35.5. The fourth-order valence-electron chi connectivity index (χ4n) is 4.23. The highest BCUT2D eigenvalue weighted by Crippen LogP contribution is 2.28. The summed E-state index contributed by atoms with van der Waals surface area (Å²) in [7, 11) is 1.70. The van der Waals surface area contributed by atoms with Crippen molar-refractivity contribution in [1.82, 2.24) is 9.88 Å². The smallest absolute Gasteiger partial charge is 0.231 e. The van der Waals surface area contributed by atoms with Gasteiger partial charge in [-0.1, -0.05) is 18.2 Å². The number of halogens is 1. The second kappa shape index (κ2) is 10.6. The van der Waals surface area contributed by atoms with Gasteiger partial charge in [0.2, 0.25) is 5.91 Å². The Bertz CT molecular complexity index is 1070. The molecule has 3 aromatic rings. The van der Waals surface area contributed by atoms with E-state index in [9.17, 15) is 9.59 Å². The molecule has 164 valence electrons. The van der Waals surface area contributed by atoms with Crippen molar-refractivity contribution in [2.75, 3.05) is 20.2 Å². The number of aromatic nitrogens is 1. The maximum atomic E-state index is 12.7. The lowest BCUT2D eigenvalue weighted by atomic mass is 9.96. The first-order valence-electron chi connectivity index (χ1n) is 10.7. The normalized spacial score (nSPS) is 12.6.